The maximum absolute atomic E-state index is 12.5. The topological polar surface area (TPSA) is 62.7 Å². The van der Waals surface area contributed by atoms with Crippen LogP contribution < -0.4 is 5.32 Å². The summed E-state index contributed by atoms with van der Waals surface area (Å²) in [4.78, 5) is 13.6. The number of nitrogens with zero attached hydrogens (tertiary/aromatic N) is 2. The van der Waals surface area contributed by atoms with Crippen LogP contribution in [0.15, 0.2) is 41.8 Å². The Kier molecular flexibility index (Phi) is 4.99. The van der Waals surface area contributed by atoms with Crippen LogP contribution in [0.3, 0.4) is 0 Å². The van der Waals surface area contributed by atoms with Crippen molar-refractivity contribution in [2.45, 2.75) is 38.3 Å². The van der Waals surface area contributed by atoms with E-state index in [-0.39, 0.29) is 11.9 Å². The molecule has 3 aromatic rings. The molecule has 0 fully saturated rings. The van der Waals surface area contributed by atoms with Crippen LogP contribution in [0.25, 0.3) is 10.7 Å². The Balaban J connectivity index is 1.43. The molecule has 0 saturated heterocycles. The van der Waals surface area contributed by atoms with Crippen molar-refractivity contribution in [2.75, 3.05) is 0 Å². The lowest BCUT2D eigenvalue weighted by Gasteiger charge is -2.26. The van der Waals surface area contributed by atoms with Crippen molar-refractivity contribution in [1.82, 2.24) is 20.1 Å². The van der Waals surface area contributed by atoms with Crippen LogP contribution in [-0.2, 0) is 17.8 Å². The van der Waals surface area contributed by atoms with Gasteiger partial charge in [-0.3, -0.25) is 14.5 Å². The van der Waals surface area contributed by atoms with Gasteiger partial charge in [-0.05, 0) is 54.1 Å². The highest BCUT2D eigenvalue weighted by Gasteiger charge is 2.21. The lowest BCUT2D eigenvalue weighted by atomic mass is 9.88. The van der Waals surface area contributed by atoms with Crippen LogP contribution in [0.4, 0.5) is 0 Å². The number of thiophene rings is 1. The summed E-state index contributed by atoms with van der Waals surface area (Å²) in [6.45, 7) is 0.517. The smallest absolute Gasteiger partial charge is 0.222 e. The molecular formula is C19H20N4OS2. The molecule has 4 rings (SSSR count). The van der Waals surface area contributed by atoms with Gasteiger partial charge in [0.1, 0.15) is 0 Å². The summed E-state index contributed by atoms with van der Waals surface area (Å²) >= 11 is 6.94. The monoisotopic (exact) mass is 384 g/mol. The fraction of sp³-hybridized carbons (Fsp3) is 0.316. The van der Waals surface area contributed by atoms with Crippen molar-refractivity contribution >= 4 is 29.5 Å². The lowest BCUT2D eigenvalue weighted by Crippen LogP contribution is -2.31. The predicted octanol–water partition coefficient (Wildman–Crippen LogP) is 4.25. The number of hydrogen-bond donors (Lipinski definition) is 2. The van der Waals surface area contributed by atoms with E-state index in [4.69, 9.17) is 12.2 Å². The van der Waals surface area contributed by atoms with Crippen LogP contribution in [-0.4, -0.2) is 20.7 Å². The molecule has 2 N–H and O–H groups in total. The van der Waals surface area contributed by atoms with E-state index in [0.29, 0.717) is 17.7 Å². The Morgan fingerprint density at radius 2 is 2.23 bits per heavy atom. The second-order valence-electron chi connectivity index (χ2n) is 6.44. The molecule has 0 bridgehead atoms. The average Bonchev–Trinajstić information content (AvgIpc) is 3.30. The van der Waals surface area contributed by atoms with Crippen molar-refractivity contribution in [2.24, 2.45) is 0 Å². The van der Waals surface area contributed by atoms with Gasteiger partial charge in [-0.15, -0.1) is 11.3 Å². The molecule has 2 heterocycles. The predicted molar refractivity (Wildman–Crippen MR) is 106 cm³/mol. The number of benzene rings is 1. The zero-order valence-electron chi connectivity index (χ0n) is 14.3. The summed E-state index contributed by atoms with van der Waals surface area (Å²) in [5, 5.41) is 12.3. The van der Waals surface area contributed by atoms with E-state index in [1.807, 2.05) is 28.1 Å². The summed E-state index contributed by atoms with van der Waals surface area (Å²) in [5.74, 6) is 0.841. The highest BCUT2D eigenvalue weighted by molar-refractivity contribution is 7.71. The Morgan fingerprint density at radius 1 is 1.35 bits per heavy atom. The number of carbonyl (C=O) groups is 1. The summed E-state index contributed by atoms with van der Waals surface area (Å²) in [7, 11) is 0. The average molecular weight is 385 g/mol. The van der Waals surface area contributed by atoms with Crippen LogP contribution in [0, 0.1) is 4.77 Å². The van der Waals surface area contributed by atoms with Gasteiger partial charge in [0.25, 0.3) is 0 Å². The zero-order valence-corrected chi connectivity index (χ0v) is 15.9. The standard InChI is InChI=1S/C19H20N4OS2/c24-17(20-15-8-3-6-13-5-1-2-7-14(13)15)10-11-23-18(21-22-19(23)25)16-9-4-12-26-16/h1-2,4-5,7,9,12,15H,3,6,8,10-11H2,(H,20,24)(H,22,25). The molecule has 5 nitrogen and oxygen atoms in total. The molecule has 0 spiro atoms. The minimum absolute atomic E-state index is 0.0481. The summed E-state index contributed by atoms with van der Waals surface area (Å²) in [6.07, 6.45) is 3.58. The fourth-order valence-corrected chi connectivity index (χ4v) is 4.45. The van der Waals surface area contributed by atoms with Crippen molar-refractivity contribution in [1.29, 1.82) is 0 Å². The molecule has 1 amide bonds. The molecule has 1 atom stereocenters. The quantitative estimate of drug-likeness (QED) is 0.646. The third kappa shape index (κ3) is 3.50. The Hall–Kier alpha value is -2.25. The lowest BCUT2D eigenvalue weighted by molar-refractivity contribution is -0.122. The van der Waals surface area contributed by atoms with Crippen molar-refractivity contribution in [3.05, 3.63) is 57.7 Å². The molecule has 134 valence electrons. The highest BCUT2D eigenvalue weighted by Crippen LogP contribution is 2.29. The molecule has 1 unspecified atom stereocenters. The van der Waals surface area contributed by atoms with E-state index in [0.717, 1.165) is 30.0 Å². The summed E-state index contributed by atoms with van der Waals surface area (Å²) in [6, 6.07) is 12.5. The van der Waals surface area contributed by atoms with Crippen LogP contribution in [0.2, 0.25) is 0 Å². The molecular weight excluding hydrogens is 364 g/mol. The van der Waals surface area contributed by atoms with E-state index >= 15 is 0 Å². The first-order valence-electron chi connectivity index (χ1n) is 8.78. The van der Waals surface area contributed by atoms with E-state index < -0.39 is 0 Å². The number of aromatic amines is 1. The number of aromatic nitrogens is 3. The first-order valence-corrected chi connectivity index (χ1v) is 10.1. The third-order valence-electron chi connectivity index (χ3n) is 4.77. The Bertz CT molecular complexity index is 958. The van der Waals surface area contributed by atoms with Crippen molar-refractivity contribution < 1.29 is 4.79 Å². The minimum Gasteiger partial charge on any atom is -0.349 e. The molecule has 2 aromatic heterocycles. The maximum Gasteiger partial charge on any atom is 0.222 e. The van der Waals surface area contributed by atoms with Crippen molar-refractivity contribution in [3.8, 4) is 10.7 Å². The second-order valence-corrected chi connectivity index (χ2v) is 7.78. The molecule has 0 saturated carbocycles. The SMILES string of the molecule is O=C(CCn1c(-c2cccs2)n[nH]c1=S)NC1CCCc2ccccc21. The van der Waals surface area contributed by atoms with Crippen LogP contribution in [0.1, 0.15) is 36.4 Å². The number of aryl methyl sites for hydroxylation is 1. The van der Waals surface area contributed by atoms with Gasteiger partial charge in [0, 0.05) is 13.0 Å². The highest BCUT2D eigenvalue weighted by atomic mass is 32.1. The number of amides is 1. The molecule has 0 aliphatic heterocycles. The van der Waals surface area contributed by atoms with Crippen molar-refractivity contribution in [3.63, 3.8) is 0 Å². The minimum atomic E-state index is 0.0481. The number of nitrogens with one attached hydrogen (secondary N) is 2. The Labute approximate surface area is 161 Å². The molecule has 1 aliphatic carbocycles. The molecule has 7 heteroatoms. The van der Waals surface area contributed by atoms with Crippen LogP contribution in [0.5, 0.6) is 0 Å². The fourth-order valence-electron chi connectivity index (χ4n) is 3.50. The molecule has 26 heavy (non-hydrogen) atoms. The number of H-pyrrole nitrogens is 1. The molecule has 1 aromatic carbocycles. The number of fused-ring (bicyclic) bond motifs is 1. The largest absolute Gasteiger partial charge is 0.349 e. The number of carbonyl (C=O) groups excluding carboxylic acids is 1. The van der Waals surface area contributed by atoms with Gasteiger partial charge in [-0.2, -0.15) is 5.10 Å². The first kappa shape index (κ1) is 17.2. The van der Waals surface area contributed by atoms with Gasteiger partial charge in [-0.1, -0.05) is 30.3 Å². The van der Waals surface area contributed by atoms with E-state index in [1.165, 1.54) is 11.1 Å². The molecule has 1 aliphatic rings. The molecule has 0 radical (unpaired) electrons. The zero-order chi connectivity index (χ0) is 17.9. The normalized spacial score (nSPS) is 16.2. The van der Waals surface area contributed by atoms with Gasteiger partial charge >= 0.3 is 0 Å². The number of hydrogen-bond acceptors (Lipinski definition) is 4. The summed E-state index contributed by atoms with van der Waals surface area (Å²) in [5.41, 5.74) is 2.60. The maximum atomic E-state index is 12.5. The van der Waals surface area contributed by atoms with Gasteiger partial charge in [0.2, 0.25) is 5.91 Å². The van der Waals surface area contributed by atoms with E-state index in [2.05, 4.69) is 33.7 Å². The third-order valence-corrected chi connectivity index (χ3v) is 5.94. The second kappa shape index (κ2) is 7.55. The van der Waals surface area contributed by atoms with Gasteiger partial charge in [-0.25, -0.2) is 0 Å². The van der Waals surface area contributed by atoms with Gasteiger partial charge in [0.15, 0.2) is 10.6 Å². The summed E-state index contributed by atoms with van der Waals surface area (Å²) < 4.78 is 2.44. The Morgan fingerprint density at radius 3 is 3.08 bits per heavy atom. The van der Waals surface area contributed by atoms with E-state index in [9.17, 15) is 4.79 Å². The first-order chi connectivity index (χ1) is 12.7. The number of rotatable bonds is 5. The van der Waals surface area contributed by atoms with Gasteiger partial charge < -0.3 is 5.32 Å². The van der Waals surface area contributed by atoms with E-state index in [1.54, 1.807) is 11.3 Å². The van der Waals surface area contributed by atoms with Gasteiger partial charge in [0.05, 0.1) is 10.9 Å². The van der Waals surface area contributed by atoms with Crippen LogP contribution >= 0.6 is 23.6 Å².